The molecule has 2 aromatic carbocycles. The van der Waals surface area contributed by atoms with Crippen molar-refractivity contribution in [3.63, 3.8) is 0 Å². The van der Waals surface area contributed by atoms with Crippen molar-refractivity contribution in [1.29, 1.82) is 0 Å². The molecule has 2 aromatic rings. The first-order valence-corrected chi connectivity index (χ1v) is 8.25. The van der Waals surface area contributed by atoms with E-state index in [-0.39, 0.29) is 38.4 Å². The molecular formula is C20H24O6Zr. The van der Waals surface area contributed by atoms with Crippen LogP contribution in [-0.2, 0) is 45.8 Å². The summed E-state index contributed by atoms with van der Waals surface area (Å²) in [5, 5.41) is 0. The molecule has 7 heteroatoms. The minimum absolute atomic E-state index is 0. The molecule has 0 aliphatic carbocycles. The first-order chi connectivity index (χ1) is 12.4. The Balaban J connectivity index is 0.000000483. The van der Waals surface area contributed by atoms with Crippen molar-refractivity contribution in [3.8, 4) is 0 Å². The van der Waals surface area contributed by atoms with Gasteiger partial charge in [0.15, 0.2) is 0 Å². The maximum absolute atomic E-state index is 11.2. The van der Waals surface area contributed by atoms with Crippen LogP contribution < -0.4 is 0 Å². The average molecular weight is 452 g/mol. The maximum Gasteiger partial charge on any atom is 0.373 e. The maximum atomic E-state index is 11.2. The minimum atomic E-state index is -0.464. The summed E-state index contributed by atoms with van der Waals surface area (Å²) in [6.07, 6.45) is -0.236. The molecular weight excluding hydrogens is 427 g/mol. The number of carbonyl (C=O) groups is 2. The Bertz CT molecular complexity index is 599. The first kappa shape index (κ1) is 25.2. The molecule has 0 aliphatic rings. The monoisotopic (exact) mass is 450 g/mol. The van der Waals surface area contributed by atoms with Crippen molar-refractivity contribution in [3.05, 3.63) is 71.8 Å². The molecule has 0 N–H and O–H groups in total. The number of hydrogen-bond donors (Lipinski definition) is 0. The van der Waals surface area contributed by atoms with Gasteiger partial charge in [0.2, 0.25) is 0 Å². The Morgan fingerprint density at radius 2 is 0.926 bits per heavy atom. The van der Waals surface area contributed by atoms with E-state index in [0.29, 0.717) is 11.1 Å². The van der Waals surface area contributed by atoms with Crippen molar-refractivity contribution < 1.29 is 55.3 Å². The van der Waals surface area contributed by atoms with Crippen LogP contribution >= 0.6 is 0 Å². The third kappa shape index (κ3) is 11.5. The number of hydrogen-bond acceptors (Lipinski definition) is 6. The van der Waals surface area contributed by atoms with Gasteiger partial charge in [0, 0.05) is 26.2 Å². The Hall–Kier alpha value is -1.82. The molecule has 0 saturated carbocycles. The standard InChI is InChI=1S/2C10H12O3.Zr/c2*1-8(2)12-13-10(11)9-6-4-3-5-7-9;/h2*3-8H,1-2H3;. The second-order valence-electron chi connectivity index (χ2n) is 5.76. The van der Waals surface area contributed by atoms with E-state index < -0.39 is 11.9 Å². The summed E-state index contributed by atoms with van der Waals surface area (Å²) in [5.41, 5.74) is 0.978. The van der Waals surface area contributed by atoms with Crippen molar-refractivity contribution in [2.75, 3.05) is 0 Å². The van der Waals surface area contributed by atoms with Gasteiger partial charge in [0.1, 0.15) is 0 Å². The van der Waals surface area contributed by atoms with Gasteiger partial charge in [0.05, 0.1) is 23.3 Å². The van der Waals surface area contributed by atoms with Crippen LogP contribution in [0.2, 0.25) is 0 Å². The van der Waals surface area contributed by atoms with Gasteiger partial charge in [-0.3, -0.25) is 9.78 Å². The van der Waals surface area contributed by atoms with Crippen LogP contribution in [0.4, 0.5) is 0 Å². The zero-order chi connectivity index (χ0) is 19.4. The van der Waals surface area contributed by atoms with Crippen molar-refractivity contribution in [2.24, 2.45) is 0 Å². The molecule has 27 heavy (non-hydrogen) atoms. The Kier molecular flexibility index (Phi) is 13.3. The predicted molar refractivity (Wildman–Crippen MR) is 96.2 cm³/mol. The molecule has 0 spiro atoms. The number of benzene rings is 2. The third-order valence-corrected chi connectivity index (χ3v) is 2.65. The summed E-state index contributed by atoms with van der Waals surface area (Å²) < 4.78 is 0. The smallest absolute Gasteiger partial charge is 0.293 e. The molecule has 0 unspecified atom stereocenters. The topological polar surface area (TPSA) is 71.1 Å². The van der Waals surface area contributed by atoms with Gasteiger partial charge in [-0.15, -0.1) is 0 Å². The largest absolute Gasteiger partial charge is 0.373 e. The summed E-state index contributed by atoms with van der Waals surface area (Å²) in [5.74, 6) is -0.927. The van der Waals surface area contributed by atoms with Crippen LogP contribution in [0.5, 0.6) is 0 Å². The third-order valence-electron chi connectivity index (χ3n) is 2.65. The van der Waals surface area contributed by atoms with Gasteiger partial charge < -0.3 is 0 Å². The summed E-state index contributed by atoms with van der Waals surface area (Å²) >= 11 is 0. The second-order valence-corrected chi connectivity index (χ2v) is 5.76. The van der Waals surface area contributed by atoms with Gasteiger partial charge in [0.25, 0.3) is 0 Å². The Labute approximate surface area is 178 Å². The van der Waals surface area contributed by atoms with Gasteiger partial charge in [-0.05, 0) is 52.0 Å². The summed E-state index contributed by atoms with van der Waals surface area (Å²) in [4.78, 5) is 40.9. The molecule has 144 valence electrons. The molecule has 0 amide bonds. The summed E-state index contributed by atoms with van der Waals surface area (Å²) in [6, 6.07) is 17.4. The molecule has 2 rings (SSSR count). The van der Waals surface area contributed by atoms with Crippen LogP contribution in [0.25, 0.3) is 0 Å². The molecule has 0 atom stereocenters. The van der Waals surface area contributed by atoms with Crippen LogP contribution in [-0.4, -0.2) is 24.1 Å². The zero-order valence-corrected chi connectivity index (χ0v) is 18.3. The average Bonchev–Trinajstić information content (AvgIpc) is 2.66. The fraction of sp³-hybridized carbons (Fsp3) is 0.300. The van der Waals surface area contributed by atoms with Crippen molar-refractivity contribution >= 4 is 11.9 Å². The van der Waals surface area contributed by atoms with Crippen molar-refractivity contribution in [2.45, 2.75) is 39.9 Å². The van der Waals surface area contributed by atoms with Crippen molar-refractivity contribution in [1.82, 2.24) is 0 Å². The minimum Gasteiger partial charge on any atom is -0.293 e. The molecule has 0 fully saturated rings. The van der Waals surface area contributed by atoms with E-state index in [9.17, 15) is 9.59 Å². The van der Waals surface area contributed by atoms with E-state index in [0.717, 1.165) is 0 Å². The second kappa shape index (κ2) is 14.3. The Morgan fingerprint density at radius 1 is 0.630 bits per heavy atom. The van der Waals surface area contributed by atoms with E-state index in [2.05, 4.69) is 9.78 Å². The zero-order valence-electron chi connectivity index (χ0n) is 15.9. The molecule has 6 nitrogen and oxygen atoms in total. The fourth-order valence-electron chi connectivity index (χ4n) is 1.52. The van der Waals surface area contributed by atoms with Crippen LogP contribution in [0.15, 0.2) is 60.7 Å². The van der Waals surface area contributed by atoms with E-state index in [1.807, 2.05) is 12.1 Å². The van der Waals surface area contributed by atoms with E-state index in [1.54, 1.807) is 76.2 Å². The van der Waals surface area contributed by atoms with Crippen LogP contribution in [0.3, 0.4) is 0 Å². The van der Waals surface area contributed by atoms with Gasteiger partial charge in [-0.2, -0.15) is 9.78 Å². The van der Waals surface area contributed by atoms with E-state index >= 15 is 0 Å². The van der Waals surface area contributed by atoms with Gasteiger partial charge in [-0.1, -0.05) is 36.4 Å². The molecule has 0 radical (unpaired) electrons. The quantitative estimate of drug-likeness (QED) is 0.480. The summed E-state index contributed by atoms with van der Waals surface area (Å²) in [7, 11) is 0. The van der Waals surface area contributed by atoms with E-state index in [1.165, 1.54) is 0 Å². The van der Waals surface area contributed by atoms with Gasteiger partial charge in [-0.25, -0.2) is 9.59 Å². The molecule has 0 aromatic heterocycles. The van der Waals surface area contributed by atoms with Gasteiger partial charge >= 0.3 is 11.9 Å². The first-order valence-electron chi connectivity index (χ1n) is 8.25. The fourth-order valence-corrected chi connectivity index (χ4v) is 1.52. The van der Waals surface area contributed by atoms with E-state index in [4.69, 9.17) is 9.78 Å². The number of carbonyl (C=O) groups excluding carboxylic acids is 2. The van der Waals surface area contributed by atoms with Crippen LogP contribution in [0.1, 0.15) is 48.4 Å². The molecule has 0 heterocycles. The SMILES string of the molecule is CC(C)OOC(=O)c1ccccc1.CC(C)OOC(=O)c1ccccc1.[Zr]. The molecule has 0 bridgehead atoms. The number of rotatable bonds is 6. The van der Waals surface area contributed by atoms with Crippen LogP contribution in [0, 0.1) is 0 Å². The summed E-state index contributed by atoms with van der Waals surface area (Å²) in [6.45, 7) is 7.16. The molecule has 0 aliphatic heterocycles. The predicted octanol–water partition coefficient (Wildman–Crippen LogP) is 4.36. The Morgan fingerprint density at radius 3 is 1.19 bits per heavy atom. The normalized spacial score (nSPS) is 9.70. The molecule has 0 saturated heterocycles.